The third-order valence-corrected chi connectivity index (χ3v) is 7.17. The minimum atomic E-state index is -1.99. The lowest BCUT2D eigenvalue weighted by atomic mass is 9.63. The van der Waals surface area contributed by atoms with E-state index in [0.717, 1.165) is 16.7 Å². The summed E-state index contributed by atoms with van der Waals surface area (Å²) in [6.45, 7) is 1.57. The lowest BCUT2D eigenvalue weighted by Gasteiger charge is -2.44. The Morgan fingerprint density at radius 2 is 1.41 bits per heavy atom. The molecule has 4 aromatic rings. The lowest BCUT2D eigenvalue weighted by molar-refractivity contribution is -0.127. The number of ether oxygens (including phenoxy) is 1. The Morgan fingerprint density at radius 1 is 0.946 bits per heavy atom. The number of aryl methyl sites for hydroxylation is 1. The number of aliphatic hydroxyl groups excluding tert-OH is 1. The van der Waals surface area contributed by atoms with Crippen molar-refractivity contribution in [3.63, 3.8) is 0 Å². The molecule has 8 heteroatoms. The highest BCUT2D eigenvalue weighted by molar-refractivity contribution is 5.52. The van der Waals surface area contributed by atoms with Crippen molar-refractivity contribution in [3.8, 4) is 0 Å². The molecule has 37 heavy (non-hydrogen) atoms. The Hall–Kier alpha value is -3.82. The molecule has 1 aromatic heterocycles. The van der Waals surface area contributed by atoms with Crippen LogP contribution in [0.15, 0.2) is 107 Å². The molecule has 5 N–H and O–H groups in total. The maximum absolute atomic E-state index is 12.6. The summed E-state index contributed by atoms with van der Waals surface area (Å²) in [6.07, 6.45) is -2.47. The average molecular weight is 500 g/mol. The molecule has 1 unspecified atom stereocenters. The number of nitrogens with zero attached hydrogens (tertiary/aromatic N) is 1. The smallest absolute Gasteiger partial charge is 0.330 e. The highest BCUT2D eigenvalue weighted by atomic mass is 16.6. The first-order valence-electron chi connectivity index (χ1n) is 12.1. The fourth-order valence-electron chi connectivity index (χ4n) is 5.39. The van der Waals surface area contributed by atoms with Crippen LogP contribution < -0.4 is 17.0 Å². The maximum Gasteiger partial charge on any atom is 0.330 e. The highest BCUT2D eigenvalue weighted by Gasteiger charge is 2.56. The quantitative estimate of drug-likeness (QED) is 0.238. The molecule has 1 aliphatic rings. The molecule has 2 heterocycles. The van der Waals surface area contributed by atoms with Gasteiger partial charge in [-0.3, -0.25) is 14.3 Å². The Balaban J connectivity index is 1.69. The fourth-order valence-corrected chi connectivity index (χ4v) is 5.39. The molecule has 1 saturated heterocycles. The van der Waals surface area contributed by atoms with Gasteiger partial charge in [0.2, 0.25) is 0 Å². The zero-order chi connectivity index (χ0) is 26.2. The van der Waals surface area contributed by atoms with Crippen LogP contribution in [0.1, 0.15) is 34.9 Å². The van der Waals surface area contributed by atoms with Gasteiger partial charge in [0, 0.05) is 18.2 Å². The van der Waals surface area contributed by atoms with Gasteiger partial charge in [0.05, 0.1) is 5.41 Å². The minimum Gasteiger partial charge on any atom is -0.389 e. The number of nitrogens with two attached hydrogens (primary N) is 1. The number of aromatic nitrogens is 2. The van der Waals surface area contributed by atoms with Gasteiger partial charge in [-0.15, -0.1) is 0 Å². The van der Waals surface area contributed by atoms with Crippen LogP contribution in [0.4, 0.5) is 0 Å². The van der Waals surface area contributed by atoms with Crippen molar-refractivity contribution >= 4 is 0 Å². The second-order valence-electron chi connectivity index (χ2n) is 9.54. The number of aliphatic hydroxyl groups is 2. The number of aromatic amines is 1. The Kier molecular flexibility index (Phi) is 6.43. The Labute approximate surface area is 213 Å². The number of benzene rings is 3. The lowest BCUT2D eigenvalue weighted by Crippen LogP contribution is -2.59. The van der Waals surface area contributed by atoms with Crippen LogP contribution >= 0.6 is 0 Å². The summed E-state index contributed by atoms with van der Waals surface area (Å²) in [5.41, 5.74) is 4.66. The molecule has 5 rings (SSSR count). The zero-order valence-electron chi connectivity index (χ0n) is 20.3. The van der Waals surface area contributed by atoms with Gasteiger partial charge in [-0.25, -0.2) is 4.79 Å². The van der Waals surface area contributed by atoms with Gasteiger partial charge in [-0.1, -0.05) is 91.0 Å². The zero-order valence-corrected chi connectivity index (χ0v) is 20.3. The normalized spacial score (nSPS) is 22.6. The molecule has 0 radical (unpaired) electrons. The first-order chi connectivity index (χ1) is 17.7. The molecule has 1 fully saturated rings. The van der Waals surface area contributed by atoms with E-state index in [2.05, 4.69) is 4.98 Å². The highest BCUT2D eigenvalue weighted by Crippen LogP contribution is 2.47. The molecule has 8 nitrogen and oxygen atoms in total. The van der Waals surface area contributed by atoms with E-state index in [0.29, 0.717) is 5.56 Å². The molecule has 0 spiro atoms. The third-order valence-electron chi connectivity index (χ3n) is 7.17. The fraction of sp³-hybridized carbons (Fsp3) is 0.241. The molecule has 3 aromatic carbocycles. The van der Waals surface area contributed by atoms with Crippen LogP contribution in [0.3, 0.4) is 0 Å². The molecule has 0 bridgehead atoms. The summed E-state index contributed by atoms with van der Waals surface area (Å²) in [7, 11) is 0. The predicted octanol–water partition coefficient (Wildman–Crippen LogP) is 2.18. The van der Waals surface area contributed by atoms with E-state index in [1.807, 2.05) is 91.0 Å². The van der Waals surface area contributed by atoms with Crippen molar-refractivity contribution in [2.24, 2.45) is 5.73 Å². The third kappa shape index (κ3) is 4.24. The molecular formula is C29H29N3O5. The van der Waals surface area contributed by atoms with Crippen LogP contribution in [-0.4, -0.2) is 37.7 Å². The topological polar surface area (TPSA) is 131 Å². The van der Waals surface area contributed by atoms with E-state index in [1.165, 1.54) is 10.8 Å². The number of hydrogen-bond donors (Lipinski definition) is 4. The standard InChI is InChI=1S/C29H29N3O5/c1-19-18-32(27(35)31-26(19)34)23-17-28(30,36)25(37-23)24(33)29(20-11-5-2-6-12-20,21-13-7-3-8-14-21)22-15-9-4-10-16-22/h2-16,18,23-25,33,36H,17,30H2,1H3,(H,31,34,35)/t23-,24?,25-,28+/m1/s1. The van der Waals surface area contributed by atoms with Gasteiger partial charge in [0.1, 0.15) is 24.2 Å². The monoisotopic (exact) mass is 499 g/mol. The molecule has 0 aliphatic carbocycles. The van der Waals surface area contributed by atoms with Crippen LogP contribution in [-0.2, 0) is 10.2 Å². The van der Waals surface area contributed by atoms with Crippen molar-refractivity contribution in [1.29, 1.82) is 0 Å². The molecule has 1 aliphatic heterocycles. The van der Waals surface area contributed by atoms with Crippen LogP contribution in [0.5, 0.6) is 0 Å². The van der Waals surface area contributed by atoms with E-state index >= 15 is 0 Å². The van der Waals surface area contributed by atoms with Crippen molar-refractivity contribution in [2.45, 2.75) is 42.9 Å². The Morgan fingerprint density at radius 3 is 1.86 bits per heavy atom. The second kappa shape index (κ2) is 9.57. The summed E-state index contributed by atoms with van der Waals surface area (Å²) >= 11 is 0. The van der Waals surface area contributed by atoms with Gasteiger partial charge in [-0.05, 0) is 23.6 Å². The predicted molar refractivity (Wildman–Crippen MR) is 139 cm³/mol. The van der Waals surface area contributed by atoms with Crippen molar-refractivity contribution in [1.82, 2.24) is 9.55 Å². The van der Waals surface area contributed by atoms with Gasteiger partial charge in [0.25, 0.3) is 5.56 Å². The average Bonchev–Trinajstić information content (AvgIpc) is 3.23. The van der Waals surface area contributed by atoms with Gasteiger partial charge < -0.3 is 20.7 Å². The molecular weight excluding hydrogens is 470 g/mol. The number of nitrogens with one attached hydrogen (secondary N) is 1. The molecule has 0 saturated carbocycles. The maximum atomic E-state index is 12.6. The SMILES string of the molecule is Cc1cn([C@H]2C[C@](N)(O)[C@@H](C(O)C(c3ccccc3)(c3ccccc3)c3ccccc3)O2)c(=O)[nH]c1=O. The van der Waals surface area contributed by atoms with Crippen molar-refractivity contribution in [3.05, 3.63) is 140 Å². The number of H-pyrrole nitrogens is 1. The summed E-state index contributed by atoms with van der Waals surface area (Å²) in [6, 6.07) is 28.5. The number of rotatable bonds is 6. The molecule has 4 atom stereocenters. The summed E-state index contributed by atoms with van der Waals surface area (Å²) in [4.78, 5) is 26.7. The first kappa shape index (κ1) is 24.9. The molecule has 0 amide bonds. The Bertz CT molecular complexity index is 1390. The minimum absolute atomic E-state index is 0.172. The largest absolute Gasteiger partial charge is 0.389 e. The van der Waals surface area contributed by atoms with Crippen molar-refractivity contribution in [2.75, 3.05) is 0 Å². The summed E-state index contributed by atoms with van der Waals surface area (Å²) in [5.74, 6) is 0. The molecule has 190 valence electrons. The van der Waals surface area contributed by atoms with E-state index in [9.17, 15) is 19.8 Å². The van der Waals surface area contributed by atoms with Crippen LogP contribution in [0, 0.1) is 6.92 Å². The second-order valence-corrected chi connectivity index (χ2v) is 9.54. The van der Waals surface area contributed by atoms with Gasteiger partial charge in [-0.2, -0.15) is 0 Å². The summed E-state index contributed by atoms with van der Waals surface area (Å²) < 4.78 is 7.38. The van der Waals surface area contributed by atoms with Crippen LogP contribution in [0.2, 0.25) is 0 Å². The van der Waals surface area contributed by atoms with E-state index in [4.69, 9.17) is 10.5 Å². The van der Waals surface area contributed by atoms with E-state index in [-0.39, 0.29) is 6.42 Å². The first-order valence-corrected chi connectivity index (χ1v) is 12.1. The van der Waals surface area contributed by atoms with Crippen molar-refractivity contribution < 1.29 is 14.9 Å². The van der Waals surface area contributed by atoms with Gasteiger partial charge in [0.15, 0.2) is 0 Å². The van der Waals surface area contributed by atoms with Crippen LogP contribution in [0.25, 0.3) is 0 Å². The van der Waals surface area contributed by atoms with E-state index in [1.54, 1.807) is 6.92 Å². The number of hydrogen-bond acceptors (Lipinski definition) is 6. The summed E-state index contributed by atoms with van der Waals surface area (Å²) in [5, 5.41) is 23.7. The van der Waals surface area contributed by atoms with E-state index < -0.39 is 40.8 Å². The van der Waals surface area contributed by atoms with Gasteiger partial charge >= 0.3 is 5.69 Å².